The van der Waals surface area contributed by atoms with Crippen LogP contribution < -0.4 is 15.1 Å². The van der Waals surface area contributed by atoms with Gasteiger partial charge < -0.3 is 19.5 Å². The molecule has 4 rings (SSSR count). The monoisotopic (exact) mass is 393 g/mol. The number of anilines is 2. The Morgan fingerprint density at radius 1 is 1.14 bits per heavy atom. The van der Waals surface area contributed by atoms with Gasteiger partial charge in [-0.15, -0.1) is 0 Å². The molecule has 29 heavy (non-hydrogen) atoms. The van der Waals surface area contributed by atoms with E-state index in [9.17, 15) is 9.59 Å². The Bertz CT molecular complexity index is 891. The predicted molar refractivity (Wildman–Crippen MR) is 113 cm³/mol. The number of carbonyl (C=O) groups excluding carboxylic acids is 2. The minimum atomic E-state index is -0.150. The molecule has 3 heterocycles. The van der Waals surface area contributed by atoms with Crippen LogP contribution in [0.15, 0.2) is 36.5 Å². The number of nitrogens with zero attached hydrogens (tertiary/aromatic N) is 4. The van der Waals surface area contributed by atoms with Gasteiger partial charge in [0, 0.05) is 50.2 Å². The molecule has 1 unspecified atom stereocenters. The number of rotatable bonds is 4. The van der Waals surface area contributed by atoms with E-state index in [1.807, 2.05) is 47.2 Å². The van der Waals surface area contributed by atoms with Crippen LogP contribution >= 0.6 is 0 Å². The Morgan fingerprint density at radius 2 is 1.86 bits per heavy atom. The van der Waals surface area contributed by atoms with Gasteiger partial charge in [0.05, 0.1) is 12.7 Å². The number of pyridine rings is 1. The maximum absolute atomic E-state index is 12.9. The number of amides is 1. The summed E-state index contributed by atoms with van der Waals surface area (Å²) in [6.07, 6.45) is 2.86. The maximum atomic E-state index is 12.9. The average molecular weight is 393 g/mol. The topological polar surface area (TPSA) is 68.8 Å². The first-order valence-electron chi connectivity index (χ1n) is 10.1. The molecule has 0 bridgehead atoms. The number of aryl methyl sites for hydroxylation is 2. The minimum Gasteiger partial charge on any atom is -0.353 e. The van der Waals surface area contributed by atoms with Gasteiger partial charge in [0.1, 0.15) is 12.1 Å². The molecule has 7 heteroatoms. The summed E-state index contributed by atoms with van der Waals surface area (Å²) >= 11 is 0. The van der Waals surface area contributed by atoms with E-state index in [0.717, 1.165) is 36.4 Å². The summed E-state index contributed by atoms with van der Waals surface area (Å²) in [6, 6.07) is 9.56. The maximum Gasteiger partial charge on any atom is 0.253 e. The predicted octanol–water partition coefficient (Wildman–Crippen LogP) is 1.60. The van der Waals surface area contributed by atoms with E-state index < -0.39 is 0 Å². The van der Waals surface area contributed by atoms with Crippen molar-refractivity contribution in [2.24, 2.45) is 0 Å². The highest BCUT2D eigenvalue weighted by Gasteiger charge is 2.26. The van der Waals surface area contributed by atoms with Gasteiger partial charge in [-0.3, -0.25) is 10.1 Å². The fourth-order valence-corrected chi connectivity index (χ4v) is 4.10. The number of carbonyl (C=O) groups is 2. The van der Waals surface area contributed by atoms with Crippen LogP contribution in [-0.2, 0) is 4.79 Å². The molecule has 0 spiro atoms. The second-order valence-corrected chi connectivity index (χ2v) is 7.76. The first kappa shape index (κ1) is 19.4. The van der Waals surface area contributed by atoms with E-state index in [0.29, 0.717) is 31.9 Å². The summed E-state index contributed by atoms with van der Waals surface area (Å²) in [7, 11) is 0. The van der Waals surface area contributed by atoms with E-state index in [4.69, 9.17) is 0 Å². The number of aldehydes is 1. The van der Waals surface area contributed by atoms with E-state index in [-0.39, 0.29) is 11.9 Å². The lowest BCUT2D eigenvalue weighted by molar-refractivity contribution is -0.108. The third kappa shape index (κ3) is 3.96. The highest BCUT2D eigenvalue weighted by atomic mass is 16.2. The molecule has 1 aromatic carbocycles. The van der Waals surface area contributed by atoms with E-state index >= 15 is 0 Å². The van der Waals surface area contributed by atoms with Crippen molar-refractivity contribution < 1.29 is 9.59 Å². The molecule has 2 aliphatic heterocycles. The fraction of sp³-hybridized carbons (Fsp3) is 0.409. The van der Waals surface area contributed by atoms with Crippen molar-refractivity contribution in [3.05, 3.63) is 53.2 Å². The standard InChI is InChI=1S/C22H27N5O2/c1-16-11-17(2)21(24-12-16)25-7-9-26(10-8-25)22(29)18-3-5-19(6-4-18)27-15-23-13-20(27)14-28/h3-6,11-12,14,20,23H,7-10,13,15H2,1-2H3. The number of hydrogen-bond acceptors (Lipinski definition) is 6. The fourth-order valence-electron chi connectivity index (χ4n) is 4.10. The number of hydrogen-bond donors (Lipinski definition) is 1. The van der Waals surface area contributed by atoms with Gasteiger partial charge in [0.2, 0.25) is 0 Å². The molecule has 1 N–H and O–H groups in total. The Kier molecular flexibility index (Phi) is 5.49. The van der Waals surface area contributed by atoms with Crippen LogP contribution in [0.5, 0.6) is 0 Å². The lowest BCUT2D eigenvalue weighted by atomic mass is 10.1. The number of nitrogens with one attached hydrogen (secondary N) is 1. The molecular weight excluding hydrogens is 366 g/mol. The van der Waals surface area contributed by atoms with Gasteiger partial charge >= 0.3 is 0 Å². The molecule has 7 nitrogen and oxygen atoms in total. The van der Waals surface area contributed by atoms with Gasteiger partial charge in [-0.2, -0.15) is 0 Å². The Hall–Kier alpha value is -2.93. The summed E-state index contributed by atoms with van der Waals surface area (Å²) in [6.45, 7) is 8.35. The SMILES string of the molecule is Cc1cnc(N2CCN(C(=O)c3ccc(N4CNCC4C=O)cc3)CC2)c(C)c1. The van der Waals surface area contributed by atoms with Gasteiger partial charge in [-0.25, -0.2) is 4.98 Å². The van der Waals surface area contributed by atoms with Crippen LogP contribution in [0.25, 0.3) is 0 Å². The normalized spacial score (nSPS) is 19.5. The van der Waals surface area contributed by atoms with E-state index in [1.54, 1.807) is 0 Å². The highest BCUT2D eigenvalue weighted by Crippen LogP contribution is 2.22. The summed E-state index contributed by atoms with van der Waals surface area (Å²) in [4.78, 5) is 34.8. The third-order valence-electron chi connectivity index (χ3n) is 5.69. The first-order chi connectivity index (χ1) is 14.1. The third-order valence-corrected chi connectivity index (χ3v) is 5.69. The molecule has 2 aromatic rings. The van der Waals surface area contributed by atoms with Crippen LogP contribution in [-0.4, -0.2) is 67.5 Å². The van der Waals surface area contributed by atoms with Crippen molar-refractivity contribution in [2.75, 3.05) is 49.2 Å². The first-order valence-corrected chi connectivity index (χ1v) is 10.1. The van der Waals surface area contributed by atoms with E-state index in [2.05, 4.69) is 28.2 Å². The Balaban J connectivity index is 1.39. The number of piperazine rings is 1. The van der Waals surface area contributed by atoms with Gasteiger partial charge in [0.15, 0.2) is 0 Å². The second kappa shape index (κ2) is 8.21. The summed E-state index contributed by atoms with van der Waals surface area (Å²) in [5.41, 5.74) is 3.97. The number of aromatic nitrogens is 1. The average Bonchev–Trinajstić information content (AvgIpc) is 3.22. The quantitative estimate of drug-likeness (QED) is 0.796. The molecule has 0 saturated carbocycles. The summed E-state index contributed by atoms with van der Waals surface area (Å²) in [5.74, 6) is 1.06. The molecule has 1 atom stereocenters. The van der Waals surface area contributed by atoms with Crippen LogP contribution in [0, 0.1) is 13.8 Å². The zero-order chi connectivity index (χ0) is 20.4. The second-order valence-electron chi connectivity index (χ2n) is 7.76. The zero-order valence-electron chi connectivity index (χ0n) is 17.0. The molecular formula is C22H27N5O2. The highest BCUT2D eigenvalue weighted by molar-refractivity contribution is 5.94. The molecule has 2 fully saturated rings. The van der Waals surface area contributed by atoms with Gasteiger partial charge in [-0.05, 0) is 49.2 Å². The minimum absolute atomic E-state index is 0.0521. The molecule has 1 amide bonds. The van der Waals surface area contributed by atoms with Crippen molar-refractivity contribution in [1.29, 1.82) is 0 Å². The van der Waals surface area contributed by atoms with Crippen molar-refractivity contribution in [3.8, 4) is 0 Å². The van der Waals surface area contributed by atoms with Crippen molar-refractivity contribution in [3.63, 3.8) is 0 Å². The van der Waals surface area contributed by atoms with Crippen LogP contribution in [0.4, 0.5) is 11.5 Å². The van der Waals surface area contributed by atoms with Crippen molar-refractivity contribution in [2.45, 2.75) is 19.9 Å². The Labute approximate surface area is 171 Å². The molecule has 0 radical (unpaired) electrons. The zero-order valence-corrected chi connectivity index (χ0v) is 17.0. The molecule has 2 saturated heterocycles. The Morgan fingerprint density at radius 3 is 2.52 bits per heavy atom. The molecule has 2 aliphatic rings. The lowest BCUT2D eigenvalue weighted by Gasteiger charge is -2.36. The van der Waals surface area contributed by atoms with Gasteiger partial charge in [-0.1, -0.05) is 6.07 Å². The number of benzene rings is 1. The van der Waals surface area contributed by atoms with Crippen LogP contribution in [0.2, 0.25) is 0 Å². The van der Waals surface area contributed by atoms with Gasteiger partial charge in [0.25, 0.3) is 5.91 Å². The molecule has 0 aliphatic carbocycles. The largest absolute Gasteiger partial charge is 0.353 e. The molecule has 1 aromatic heterocycles. The van der Waals surface area contributed by atoms with Crippen molar-refractivity contribution >= 4 is 23.7 Å². The smallest absolute Gasteiger partial charge is 0.253 e. The summed E-state index contributed by atoms with van der Waals surface area (Å²) in [5, 5.41) is 3.20. The lowest BCUT2D eigenvalue weighted by Crippen LogP contribution is -2.49. The van der Waals surface area contributed by atoms with E-state index in [1.165, 1.54) is 5.56 Å². The van der Waals surface area contributed by atoms with Crippen molar-refractivity contribution in [1.82, 2.24) is 15.2 Å². The summed E-state index contributed by atoms with van der Waals surface area (Å²) < 4.78 is 0. The molecule has 152 valence electrons. The van der Waals surface area contributed by atoms with Crippen LogP contribution in [0.1, 0.15) is 21.5 Å². The van der Waals surface area contributed by atoms with Crippen LogP contribution in [0.3, 0.4) is 0 Å².